The first-order valence-corrected chi connectivity index (χ1v) is 6.00. The fraction of sp³-hybridized carbons (Fsp3) is 0.125. The van der Waals surface area contributed by atoms with E-state index in [9.17, 15) is 9.59 Å². The van der Waals surface area contributed by atoms with Gasteiger partial charge in [-0.3, -0.25) is 9.59 Å². The van der Waals surface area contributed by atoms with E-state index in [4.69, 9.17) is 0 Å². The molecule has 2 heteroatoms. The Labute approximate surface area is 105 Å². The van der Waals surface area contributed by atoms with Crippen LogP contribution in [0.2, 0.25) is 0 Å². The van der Waals surface area contributed by atoms with Crippen molar-refractivity contribution in [3.63, 3.8) is 0 Å². The van der Waals surface area contributed by atoms with E-state index in [0.29, 0.717) is 10.8 Å². The van der Waals surface area contributed by atoms with Crippen molar-refractivity contribution >= 4 is 28.1 Å². The molecule has 90 valence electrons. The second-order valence-electron chi connectivity index (χ2n) is 3.85. The van der Waals surface area contributed by atoms with Crippen LogP contribution >= 0.6 is 0 Å². The Hall–Kier alpha value is -2.22. The van der Waals surface area contributed by atoms with Gasteiger partial charge in [0.05, 0.1) is 5.22 Å². The molecule has 3 aromatic carbocycles. The molecule has 0 heterocycles. The monoisotopic (exact) mass is 238 g/mol. The molecule has 3 aromatic rings. The minimum atomic E-state index is -0.255. The Balaban J connectivity index is 0.000000574. The Morgan fingerprint density at radius 2 is 1.28 bits per heavy atom. The summed E-state index contributed by atoms with van der Waals surface area (Å²) in [4.78, 5) is 23.8. The van der Waals surface area contributed by atoms with E-state index in [0.717, 1.165) is 10.8 Å². The van der Waals surface area contributed by atoms with Crippen LogP contribution in [-0.2, 0) is 0 Å². The van der Waals surface area contributed by atoms with E-state index in [1.54, 1.807) is 12.1 Å². The molecule has 0 radical (unpaired) electrons. The lowest BCUT2D eigenvalue weighted by Gasteiger charge is -2.02. The zero-order valence-corrected chi connectivity index (χ0v) is 10.5. The van der Waals surface area contributed by atoms with Crippen molar-refractivity contribution in [1.29, 1.82) is 0 Å². The van der Waals surface area contributed by atoms with Gasteiger partial charge in [0.15, 0.2) is 10.9 Å². The fourth-order valence-electron chi connectivity index (χ4n) is 2.15. The second kappa shape index (κ2) is 4.57. The normalized spacial score (nSPS) is 10.3. The molecule has 0 amide bonds. The summed E-state index contributed by atoms with van der Waals surface area (Å²) in [6.45, 7) is 7.56. The molecule has 0 bridgehead atoms. The van der Waals surface area contributed by atoms with Gasteiger partial charge in [0.1, 0.15) is 0 Å². The highest BCUT2D eigenvalue weighted by Gasteiger charge is 2.08. The first kappa shape index (κ1) is 12.2. The van der Waals surface area contributed by atoms with Gasteiger partial charge < -0.3 is 0 Å². The van der Waals surface area contributed by atoms with Crippen LogP contribution in [0.3, 0.4) is 0 Å². The van der Waals surface area contributed by atoms with Crippen molar-refractivity contribution in [2.24, 2.45) is 0 Å². The third-order valence-electron chi connectivity index (χ3n) is 2.94. The second-order valence-corrected chi connectivity index (χ2v) is 3.85. The van der Waals surface area contributed by atoms with Gasteiger partial charge in [-0.25, -0.2) is 0 Å². The summed E-state index contributed by atoms with van der Waals surface area (Å²) in [5, 5.41) is 2.90. The van der Waals surface area contributed by atoms with Gasteiger partial charge in [-0.1, -0.05) is 56.8 Å². The van der Waals surface area contributed by atoms with Crippen LogP contribution in [0.1, 0.15) is 13.8 Å². The largest absolute Gasteiger partial charge is 0.288 e. The Kier molecular flexibility index (Phi) is 3.11. The summed E-state index contributed by atoms with van der Waals surface area (Å²) in [7, 11) is 0. The van der Waals surface area contributed by atoms with Crippen LogP contribution in [0.25, 0.3) is 28.1 Å². The van der Waals surface area contributed by atoms with Gasteiger partial charge in [0.25, 0.3) is 0 Å². The van der Waals surface area contributed by atoms with Crippen molar-refractivity contribution in [3.8, 4) is 0 Å². The Bertz CT molecular complexity index is 785. The van der Waals surface area contributed by atoms with Crippen LogP contribution in [0.5, 0.6) is 0 Å². The number of rotatable bonds is 0. The molecule has 0 aliphatic rings. The molecule has 3 rings (SSSR count). The number of hydrogen-bond donors (Lipinski definition) is 0. The summed E-state index contributed by atoms with van der Waals surface area (Å²) in [6, 6.07) is 10.9. The minimum Gasteiger partial charge on any atom is -0.288 e. The molecule has 0 saturated heterocycles. The van der Waals surface area contributed by atoms with E-state index in [-0.39, 0.29) is 16.1 Å². The van der Waals surface area contributed by atoms with Gasteiger partial charge in [-0.15, -0.1) is 0 Å². The summed E-state index contributed by atoms with van der Waals surface area (Å²) < 4.78 is 0. The van der Waals surface area contributed by atoms with Crippen LogP contribution < -0.4 is 16.1 Å². The van der Waals surface area contributed by atoms with Gasteiger partial charge in [0, 0.05) is 16.2 Å². The average molecular weight is 238 g/mol. The highest BCUT2D eigenvalue weighted by atomic mass is 16.1. The van der Waals surface area contributed by atoms with Crippen LogP contribution in [-0.4, -0.2) is 0 Å². The lowest BCUT2D eigenvalue weighted by Crippen LogP contribution is -2.37. The van der Waals surface area contributed by atoms with E-state index < -0.39 is 0 Å². The summed E-state index contributed by atoms with van der Waals surface area (Å²) in [6.07, 6.45) is 0. The first-order valence-electron chi connectivity index (χ1n) is 6.00. The molecule has 0 saturated carbocycles. The molecular formula is C16H14O2. The molecule has 2 nitrogen and oxygen atoms in total. The predicted octanol–water partition coefficient (Wildman–Crippen LogP) is 2.31. The molecule has 0 aromatic heterocycles. The van der Waals surface area contributed by atoms with Gasteiger partial charge in [-0.2, -0.15) is 0 Å². The molecule has 0 unspecified atom stereocenters. The zero-order chi connectivity index (χ0) is 13.3. The molecule has 0 N–H and O–H groups in total. The van der Waals surface area contributed by atoms with Crippen molar-refractivity contribution in [3.05, 3.63) is 62.1 Å². The summed E-state index contributed by atoms with van der Waals surface area (Å²) in [5.74, 6) is 0. The molecular weight excluding hydrogens is 224 g/mol. The molecule has 0 aliphatic heterocycles. The Morgan fingerprint density at radius 1 is 0.833 bits per heavy atom. The molecule has 0 fully saturated rings. The highest BCUT2D eigenvalue weighted by Crippen LogP contribution is 2.20. The molecule has 18 heavy (non-hydrogen) atoms. The first-order chi connectivity index (χ1) is 8.70. The predicted molar refractivity (Wildman–Crippen MR) is 77.3 cm³/mol. The number of benzene rings is 3. The molecule has 0 spiro atoms. The van der Waals surface area contributed by atoms with E-state index in [2.05, 4.69) is 6.58 Å². The maximum atomic E-state index is 11.9. The number of hydrogen-bond acceptors (Lipinski definition) is 2. The van der Waals surface area contributed by atoms with Crippen LogP contribution in [0, 0.1) is 0 Å². The van der Waals surface area contributed by atoms with Gasteiger partial charge in [0.2, 0.25) is 0 Å². The van der Waals surface area contributed by atoms with E-state index in [1.807, 2.05) is 38.1 Å². The third-order valence-corrected chi connectivity index (χ3v) is 2.94. The topological polar surface area (TPSA) is 34.1 Å². The van der Waals surface area contributed by atoms with Crippen molar-refractivity contribution < 1.29 is 0 Å². The molecule has 0 aliphatic carbocycles. The lowest BCUT2D eigenvalue weighted by atomic mass is 9.99. The van der Waals surface area contributed by atoms with Crippen molar-refractivity contribution in [2.45, 2.75) is 13.8 Å². The van der Waals surface area contributed by atoms with Crippen LogP contribution in [0.4, 0.5) is 0 Å². The minimum absolute atomic E-state index is 0.0613. The lowest BCUT2D eigenvalue weighted by molar-refractivity contribution is 1.50. The molecule has 0 atom stereocenters. The highest BCUT2D eigenvalue weighted by molar-refractivity contribution is 6.09. The van der Waals surface area contributed by atoms with Crippen molar-refractivity contribution in [2.75, 3.05) is 0 Å². The average Bonchev–Trinajstić information content (AvgIpc) is 2.44. The fourth-order valence-corrected chi connectivity index (χ4v) is 2.15. The third kappa shape index (κ3) is 1.58. The maximum Gasteiger partial charge on any atom is 0.197 e. The van der Waals surface area contributed by atoms with Gasteiger partial charge >= 0.3 is 0 Å². The van der Waals surface area contributed by atoms with Crippen LogP contribution in [0.15, 0.2) is 46.0 Å². The SMILES string of the molecule is C=c1c(=O)c2cccc3cccc(c1=O)c32.CC. The maximum absolute atomic E-state index is 11.9. The smallest absolute Gasteiger partial charge is 0.197 e. The van der Waals surface area contributed by atoms with Crippen molar-refractivity contribution in [1.82, 2.24) is 0 Å². The quantitative estimate of drug-likeness (QED) is 0.602. The summed E-state index contributed by atoms with van der Waals surface area (Å²) in [5.41, 5.74) is -0.511. The Morgan fingerprint density at radius 3 is 1.72 bits per heavy atom. The van der Waals surface area contributed by atoms with E-state index >= 15 is 0 Å². The van der Waals surface area contributed by atoms with Gasteiger partial charge in [-0.05, 0) is 5.39 Å². The van der Waals surface area contributed by atoms with E-state index in [1.165, 1.54) is 0 Å². The zero-order valence-electron chi connectivity index (χ0n) is 10.5. The summed E-state index contributed by atoms with van der Waals surface area (Å²) >= 11 is 0. The standard InChI is InChI=1S/C14H8O2.C2H6/c1-8-13(15)10-6-2-4-9-5-3-7-11(12(9)10)14(8)16;1-2/h2-7H,1H2;1-2H3.